The van der Waals surface area contributed by atoms with Gasteiger partial charge in [-0.15, -0.1) is 0 Å². The van der Waals surface area contributed by atoms with E-state index in [1.54, 1.807) is 0 Å². The first-order valence-electron chi connectivity index (χ1n) is 7.28. The number of rotatable bonds is 8. The maximum absolute atomic E-state index is 5.81. The normalized spacial score (nSPS) is 11.3. The highest BCUT2D eigenvalue weighted by atomic mass is 16.5. The minimum Gasteiger partial charge on any atom is -0.493 e. The Morgan fingerprint density at radius 1 is 1.16 bits per heavy atom. The summed E-state index contributed by atoms with van der Waals surface area (Å²) in [5, 5.41) is 0. The summed E-state index contributed by atoms with van der Waals surface area (Å²) in [6.45, 7) is 8.57. The van der Waals surface area contributed by atoms with Crippen LogP contribution in [0.4, 0.5) is 0 Å². The van der Waals surface area contributed by atoms with Gasteiger partial charge in [-0.05, 0) is 55.0 Å². The number of ether oxygens (including phenoxy) is 1. The average molecular weight is 264 g/mol. The van der Waals surface area contributed by atoms with Crippen LogP contribution >= 0.6 is 0 Å². The first kappa shape index (κ1) is 16.0. The summed E-state index contributed by atoms with van der Waals surface area (Å²) in [4.78, 5) is 0. The van der Waals surface area contributed by atoms with Crippen molar-refractivity contribution in [2.45, 2.75) is 39.5 Å². The van der Waals surface area contributed by atoms with Gasteiger partial charge in [0.15, 0.2) is 0 Å². The van der Waals surface area contributed by atoms with E-state index in [1.165, 1.54) is 11.1 Å². The van der Waals surface area contributed by atoms with Crippen LogP contribution in [0, 0.1) is 5.92 Å². The van der Waals surface area contributed by atoms with Gasteiger partial charge in [0.05, 0.1) is 6.61 Å². The molecule has 1 aromatic rings. The van der Waals surface area contributed by atoms with E-state index < -0.39 is 0 Å². The van der Waals surface area contributed by atoms with Gasteiger partial charge in [-0.25, -0.2) is 0 Å². The molecule has 108 valence electrons. The summed E-state index contributed by atoms with van der Waals surface area (Å²) in [5.41, 5.74) is 14.0. The topological polar surface area (TPSA) is 61.3 Å². The highest BCUT2D eigenvalue weighted by Crippen LogP contribution is 2.28. The quantitative estimate of drug-likeness (QED) is 0.759. The molecule has 0 saturated heterocycles. The summed E-state index contributed by atoms with van der Waals surface area (Å²) >= 11 is 0. The second-order valence-electron chi connectivity index (χ2n) is 5.42. The van der Waals surface area contributed by atoms with E-state index in [-0.39, 0.29) is 0 Å². The second-order valence-corrected chi connectivity index (χ2v) is 5.42. The Morgan fingerprint density at radius 3 is 2.37 bits per heavy atom. The van der Waals surface area contributed by atoms with E-state index >= 15 is 0 Å². The van der Waals surface area contributed by atoms with Crippen molar-refractivity contribution in [1.29, 1.82) is 0 Å². The average Bonchev–Trinajstić information content (AvgIpc) is 2.42. The first-order chi connectivity index (χ1) is 9.12. The van der Waals surface area contributed by atoms with Gasteiger partial charge in [-0.1, -0.05) is 32.9 Å². The van der Waals surface area contributed by atoms with Gasteiger partial charge in [0, 0.05) is 0 Å². The molecule has 3 nitrogen and oxygen atoms in total. The van der Waals surface area contributed by atoms with E-state index in [1.807, 2.05) is 0 Å². The lowest BCUT2D eigenvalue weighted by Crippen LogP contribution is -2.25. The third kappa shape index (κ3) is 4.84. The van der Waals surface area contributed by atoms with Gasteiger partial charge in [-0.2, -0.15) is 0 Å². The highest BCUT2D eigenvalue weighted by molar-refractivity contribution is 5.39. The molecule has 0 saturated carbocycles. The van der Waals surface area contributed by atoms with Crippen LogP contribution in [0.5, 0.6) is 5.75 Å². The second kappa shape index (κ2) is 8.18. The molecule has 0 bridgehead atoms. The lowest BCUT2D eigenvalue weighted by molar-refractivity contribution is 0.313. The van der Waals surface area contributed by atoms with Gasteiger partial charge in [0.2, 0.25) is 0 Å². The van der Waals surface area contributed by atoms with Crippen molar-refractivity contribution >= 4 is 0 Å². The highest BCUT2D eigenvalue weighted by Gasteiger charge is 2.11. The van der Waals surface area contributed by atoms with Crippen molar-refractivity contribution in [1.82, 2.24) is 0 Å². The van der Waals surface area contributed by atoms with Crippen molar-refractivity contribution in [3.8, 4) is 5.75 Å². The van der Waals surface area contributed by atoms with Crippen LogP contribution in [-0.4, -0.2) is 19.7 Å². The Labute approximate surface area is 117 Å². The summed E-state index contributed by atoms with van der Waals surface area (Å²) in [6, 6.07) is 6.47. The zero-order valence-corrected chi connectivity index (χ0v) is 12.5. The maximum atomic E-state index is 5.81. The molecule has 3 heteroatoms. The summed E-state index contributed by atoms with van der Waals surface area (Å²) in [6.07, 6.45) is 1.97. The van der Waals surface area contributed by atoms with E-state index in [2.05, 4.69) is 39.0 Å². The Bertz CT molecular complexity index is 373. The molecule has 0 aliphatic rings. The molecule has 1 rings (SSSR count). The minimum atomic E-state index is 0.363. The Morgan fingerprint density at radius 2 is 1.84 bits per heavy atom. The molecule has 0 aromatic heterocycles. The van der Waals surface area contributed by atoms with Crippen LogP contribution in [0.2, 0.25) is 0 Å². The monoisotopic (exact) mass is 264 g/mol. The summed E-state index contributed by atoms with van der Waals surface area (Å²) in [7, 11) is 0. The van der Waals surface area contributed by atoms with Crippen LogP contribution < -0.4 is 16.2 Å². The zero-order chi connectivity index (χ0) is 14.3. The predicted molar refractivity (Wildman–Crippen MR) is 81.6 cm³/mol. The number of nitrogens with two attached hydrogens (primary N) is 2. The van der Waals surface area contributed by atoms with Crippen molar-refractivity contribution in [3.63, 3.8) is 0 Å². The molecule has 0 radical (unpaired) electrons. The Kier molecular flexibility index (Phi) is 6.89. The maximum Gasteiger partial charge on any atom is 0.122 e. The Balaban J connectivity index is 2.88. The predicted octanol–water partition coefficient (Wildman–Crippen LogP) is 2.67. The van der Waals surface area contributed by atoms with Crippen molar-refractivity contribution in [3.05, 3.63) is 29.3 Å². The third-order valence-electron chi connectivity index (χ3n) is 3.35. The van der Waals surface area contributed by atoms with Gasteiger partial charge < -0.3 is 16.2 Å². The number of hydrogen-bond acceptors (Lipinski definition) is 3. The van der Waals surface area contributed by atoms with Crippen LogP contribution in [0.3, 0.4) is 0 Å². The molecule has 0 aliphatic carbocycles. The summed E-state index contributed by atoms with van der Waals surface area (Å²) in [5.74, 6) is 1.83. The van der Waals surface area contributed by atoms with Gasteiger partial charge in [0.25, 0.3) is 0 Å². The van der Waals surface area contributed by atoms with E-state index in [0.717, 1.165) is 25.2 Å². The molecular weight excluding hydrogens is 236 g/mol. The molecule has 0 spiro atoms. The van der Waals surface area contributed by atoms with Crippen molar-refractivity contribution in [2.24, 2.45) is 17.4 Å². The van der Waals surface area contributed by atoms with Crippen LogP contribution in [0.1, 0.15) is 44.2 Å². The van der Waals surface area contributed by atoms with Crippen LogP contribution in [-0.2, 0) is 6.42 Å². The fraction of sp³-hybridized carbons (Fsp3) is 0.625. The molecular formula is C16H28N2O. The molecule has 0 atom stereocenters. The number of benzene rings is 1. The van der Waals surface area contributed by atoms with Crippen molar-refractivity contribution in [2.75, 3.05) is 19.7 Å². The zero-order valence-electron chi connectivity index (χ0n) is 12.5. The number of hydrogen-bond donors (Lipinski definition) is 2. The molecule has 4 N–H and O–H groups in total. The SMILES string of the molecule is CCCOc1ccc(CC(CN)CN)cc1C(C)C. The van der Waals surface area contributed by atoms with Crippen LogP contribution in [0.15, 0.2) is 18.2 Å². The molecule has 1 aromatic carbocycles. The lowest BCUT2D eigenvalue weighted by Gasteiger charge is -2.17. The molecule has 0 heterocycles. The minimum absolute atomic E-state index is 0.363. The van der Waals surface area contributed by atoms with E-state index in [4.69, 9.17) is 16.2 Å². The third-order valence-corrected chi connectivity index (χ3v) is 3.35. The molecule has 19 heavy (non-hydrogen) atoms. The Hall–Kier alpha value is -1.06. The van der Waals surface area contributed by atoms with E-state index in [9.17, 15) is 0 Å². The molecule has 0 aliphatic heterocycles. The summed E-state index contributed by atoms with van der Waals surface area (Å²) < 4.78 is 5.81. The largest absolute Gasteiger partial charge is 0.493 e. The van der Waals surface area contributed by atoms with Gasteiger partial charge >= 0.3 is 0 Å². The van der Waals surface area contributed by atoms with Crippen LogP contribution in [0.25, 0.3) is 0 Å². The fourth-order valence-corrected chi connectivity index (χ4v) is 2.12. The smallest absolute Gasteiger partial charge is 0.122 e. The molecule has 0 unspecified atom stereocenters. The fourth-order valence-electron chi connectivity index (χ4n) is 2.12. The standard InChI is InChI=1S/C16H28N2O/c1-4-7-19-16-6-5-13(8-14(10-17)11-18)9-15(16)12(2)3/h5-6,9,12,14H,4,7-8,10-11,17-18H2,1-3H3. The molecule has 0 fully saturated rings. The van der Waals surface area contributed by atoms with Gasteiger partial charge in [0.1, 0.15) is 5.75 Å². The molecule has 0 amide bonds. The van der Waals surface area contributed by atoms with E-state index in [0.29, 0.717) is 24.9 Å². The van der Waals surface area contributed by atoms with Gasteiger partial charge in [-0.3, -0.25) is 0 Å². The van der Waals surface area contributed by atoms with Crippen molar-refractivity contribution < 1.29 is 4.74 Å². The lowest BCUT2D eigenvalue weighted by atomic mass is 9.94. The first-order valence-corrected chi connectivity index (χ1v) is 7.28.